The smallest absolute Gasteiger partial charge is 0.410 e. The monoisotopic (exact) mass is 398 g/mol. The van der Waals surface area contributed by atoms with E-state index in [0.717, 1.165) is 18.2 Å². The van der Waals surface area contributed by atoms with Crippen LogP contribution in [0, 0.1) is 17.6 Å². The van der Waals surface area contributed by atoms with Crippen LogP contribution in [0.2, 0.25) is 0 Å². The SMILES string of the molecule is CC(C)(C)OC(=O)N1CCC(C(=O)OCC(=O)Nc2cc(F)ccc2F)CC1. The molecule has 1 N–H and O–H groups in total. The fourth-order valence-corrected chi connectivity index (χ4v) is 2.66. The molecule has 1 aliphatic rings. The van der Waals surface area contributed by atoms with Gasteiger partial charge in [-0.25, -0.2) is 13.6 Å². The van der Waals surface area contributed by atoms with Crippen LogP contribution >= 0.6 is 0 Å². The summed E-state index contributed by atoms with van der Waals surface area (Å²) in [4.78, 5) is 37.4. The Labute approximate surface area is 162 Å². The Kier molecular flexibility index (Phi) is 6.93. The van der Waals surface area contributed by atoms with Gasteiger partial charge in [0.05, 0.1) is 11.6 Å². The molecule has 2 amide bonds. The highest BCUT2D eigenvalue weighted by molar-refractivity contribution is 5.93. The van der Waals surface area contributed by atoms with Crippen molar-refractivity contribution in [1.29, 1.82) is 0 Å². The number of likely N-dealkylation sites (tertiary alicyclic amines) is 1. The number of hydrogen-bond acceptors (Lipinski definition) is 5. The van der Waals surface area contributed by atoms with Gasteiger partial charge in [0.2, 0.25) is 0 Å². The summed E-state index contributed by atoms with van der Waals surface area (Å²) in [6, 6.07) is 2.64. The zero-order valence-corrected chi connectivity index (χ0v) is 16.1. The first-order chi connectivity index (χ1) is 13.0. The third-order valence-corrected chi connectivity index (χ3v) is 4.03. The second kappa shape index (κ2) is 8.99. The number of esters is 1. The van der Waals surface area contributed by atoms with Crippen molar-refractivity contribution < 1.29 is 32.6 Å². The molecule has 0 unspecified atom stereocenters. The zero-order valence-electron chi connectivity index (χ0n) is 16.1. The summed E-state index contributed by atoms with van der Waals surface area (Å²) >= 11 is 0. The maximum atomic E-state index is 13.5. The molecule has 0 atom stereocenters. The van der Waals surface area contributed by atoms with E-state index in [1.807, 2.05) is 0 Å². The fourth-order valence-electron chi connectivity index (χ4n) is 2.66. The van der Waals surface area contributed by atoms with Crippen LogP contribution in [0.3, 0.4) is 0 Å². The van der Waals surface area contributed by atoms with Gasteiger partial charge < -0.3 is 19.7 Å². The third-order valence-electron chi connectivity index (χ3n) is 4.03. The van der Waals surface area contributed by atoms with Gasteiger partial charge in [-0.2, -0.15) is 0 Å². The Bertz CT molecular complexity index is 740. The van der Waals surface area contributed by atoms with Gasteiger partial charge in [-0.3, -0.25) is 9.59 Å². The van der Waals surface area contributed by atoms with Crippen LogP contribution in [-0.4, -0.2) is 48.2 Å². The molecule has 7 nitrogen and oxygen atoms in total. The third kappa shape index (κ3) is 6.47. The van der Waals surface area contributed by atoms with E-state index < -0.39 is 47.7 Å². The van der Waals surface area contributed by atoms with Crippen molar-refractivity contribution in [3.05, 3.63) is 29.8 Å². The van der Waals surface area contributed by atoms with Gasteiger partial charge in [0.15, 0.2) is 6.61 Å². The fraction of sp³-hybridized carbons (Fsp3) is 0.526. The number of carbonyl (C=O) groups excluding carboxylic acids is 3. The quantitative estimate of drug-likeness (QED) is 0.788. The molecule has 0 saturated carbocycles. The van der Waals surface area contributed by atoms with E-state index in [-0.39, 0.29) is 5.69 Å². The summed E-state index contributed by atoms with van der Waals surface area (Å²) in [6.45, 7) is 5.40. The summed E-state index contributed by atoms with van der Waals surface area (Å²) in [5, 5.41) is 2.15. The van der Waals surface area contributed by atoms with Gasteiger partial charge in [-0.15, -0.1) is 0 Å². The second-order valence-corrected chi connectivity index (χ2v) is 7.52. The van der Waals surface area contributed by atoms with Gasteiger partial charge in [-0.1, -0.05) is 0 Å². The lowest BCUT2D eigenvalue weighted by atomic mass is 9.97. The summed E-state index contributed by atoms with van der Waals surface area (Å²) in [5.41, 5.74) is -0.923. The van der Waals surface area contributed by atoms with Gasteiger partial charge >= 0.3 is 12.1 Å². The molecule has 9 heteroatoms. The number of nitrogens with one attached hydrogen (secondary N) is 1. The van der Waals surface area contributed by atoms with Gasteiger partial charge in [0, 0.05) is 19.2 Å². The largest absolute Gasteiger partial charge is 0.455 e. The van der Waals surface area contributed by atoms with Crippen molar-refractivity contribution in [3.63, 3.8) is 0 Å². The minimum absolute atomic E-state index is 0.327. The predicted octanol–water partition coefficient (Wildman–Crippen LogP) is 3.09. The van der Waals surface area contributed by atoms with Crippen LogP contribution in [0.5, 0.6) is 0 Å². The molecule has 0 radical (unpaired) electrons. The lowest BCUT2D eigenvalue weighted by molar-refractivity contribution is -0.153. The number of hydrogen-bond donors (Lipinski definition) is 1. The molecule has 0 aliphatic carbocycles. The lowest BCUT2D eigenvalue weighted by Gasteiger charge is -2.32. The number of ether oxygens (including phenoxy) is 2. The van der Waals surface area contributed by atoms with Gasteiger partial charge in [0.25, 0.3) is 5.91 Å². The van der Waals surface area contributed by atoms with E-state index >= 15 is 0 Å². The van der Waals surface area contributed by atoms with Crippen molar-refractivity contribution in [2.45, 2.75) is 39.2 Å². The van der Waals surface area contributed by atoms with E-state index in [1.54, 1.807) is 20.8 Å². The first kappa shape index (κ1) is 21.6. The van der Waals surface area contributed by atoms with Crippen molar-refractivity contribution in [2.24, 2.45) is 5.92 Å². The predicted molar refractivity (Wildman–Crippen MR) is 96.5 cm³/mol. The molecular weight excluding hydrogens is 374 g/mol. The van der Waals surface area contributed by atoms with Crippen molar-refractivity contribution in [3.8, 4) is 0 Å². The molecule has 1 aromatic carbocycles. The molecule has 1 saturated heterocycles. The Morgan fingerprint density at radius 1 is 1.18 bits per heavy atom. The summed E-state index contributed by atoms with van der Waals surface area (Å²) in [7, 11) is 0. The highest BCUT2D eigenvalue weighted by Crippen LogP contribution is 2.21. The number of piperidine rings is 1. The van der Waals surface area contributed by atoms with Crippen molar-refractivity contribution in [2.75, 3.05) is 25.0 Å². The van der Waals surface area contributed by atoms with E-state index in [2.05, 4.69) is 5.32 Å². The summed E-state index contributed by atoms with van der Waals surface area (Å²) < 4.78 is 36.8. The molecule has 154 valence electrons. The van der Waals surface area contributed by atoms with E-state index in [1.165, 1.54) is 4.90 Å². The zero-order chi connectivity index (χ0) is 20.9. The topological polar surface area (TPSA) is 84.9 Å². The highest BCUT2D eigenvalue weighted by atomic mass is 19.1. The number of nitrogens with zero attached hydrogens (tertiary/aromatic N) is 1. The molecule has 0 aromatic heterocycles. The number of benzene rings is 1. The normalized spacial score (nSPS) is 15.1. The van der Waals surface area contributed by atoms with E-state index in [4.69, 9.17) is 9.47 Å². The standard InChI is InChI=1S/C19H24F2N2O5/c1-19(2,3)28-18(26)23-8-6-12(7-9-23)17(25)27-11-16(24)22-15-10-13(20)4-5-14(15)21/h4-5,10,12H,6-9,11H2,1-3H3,(H,22,24). The van der Waals surface area contributed by atoms with Crippen LogP contribution in [0.1, 0.15) is 33.6 Å². The first-order valence-electron chi connectivity index (χ1n) is 8.94. The minimum atomic E-state index is -0.796. The van der Waals surface area contributed by atoms with E-state index in [0.29, 0.717) is 25.9 Å². The Morgan fingerprint density at radius 3 is 2.43 bits per heavy atom. The average molecular weight is 398 g/mol. The molecule has 1 fully saturated rings. The van der Waals surface area contributed by atoms with Crippen LogP contribution in [0.15, 0.2) is 18.2 Å². The van der Waals surface area contributed by atoms with E-state index in [9.17, 15) is 23.2 Å². The summed E-state index contributed by atoms with van der Waals surface area (Å²) in [5.74, 6) is -3.29. The maximum Gasteiger partial charge on any atom is 0.410 e. The molecule has 1 aromatic rings. The minimum Gasteiger partial charge on any atom is -0.455 e. The molecule has 1 heterocycles. The maximum absolute atomic E-state index is 13.5. The van der Waals surface area contributed by atoms with Crippen molar-refractivity contribution >= 4 is 23.7 Å². The van der Waals surface area contributed by atoms with Crippen molar-refractivity contribution in [1.82, 2.24) is 4.90 Å². The van der Waals surface area contributed by atoms with Crippen LogP contribution < -0.4 is 5.32 Å². The number of halogens is 2. The first-order valence-corrected chi connectivity index (χ1v) is 8.94. The molecule has 28 heavy (non-hydrogen) atoms. The summed E-state index contributed by atoms with van der Waals surface area (Å²) in [6.07, 6.45) is 0.340. The molecule has 2 rings (SSSR count). The van der Waals surface area contributed by atoms with Crippen LogP contribution in [0.4, 0.5) is 19.3 Å². The average Bonchev–Trinajstić information content (AvgIpc) is 2.61. The second-order valence-electron chi connectivity index (χ2n) is 7.52. The molecule has 0 bridgehead atoms. The Balaban J connectivity index is 1.76. The Hall–Kier alpha value is -2.71. The molecule has 1 aliphatic heterocycles. The Morgan fingerprint density at radius 2 is 1.82 bits per heavy atom. The van der Waals surface area contributed by atoms with Crippen LogP contribution in [0.25, 0.3) is 0 Å². The number of carbonyl (C=O) groups is 3. The van der Waals surface area contributed by atoms with Gasteiger partial charge in [-0.05, 0) is 45.7 Å². The molecular formula is C19H24F2N2O5. The number of rotatable bonds is 4. The van der Waals surface area contributed by atoms with Crippen LogP contribution in [-0.2, 0) is 19.1 Å². The number of amides is 2. The molecule has 0 spiro atoms. The van der Waals surface area contributed by atoms with Gasteiger partial charge in [0.1, 0.15) is 17.2 Å². The number of anilines is 1. The lowest BCUT2D eigenvalue weighted by Crippen LogP contribution is -2.43. The highest BCUT2D eigenvalue weighted by Gasteiger charge is 2.31.